The Morgan fingerprint density at radius 1 is 0.821 bits per heavy atom. The zero-order chi connectivity index (χ0) is 19.8. The summed E-state index contributed by atoms with van der Waals surface area (Å²) in [5.74, 6) is -2.90. The molecule has 0 radical (unpaired) electrons. The molecule has 140 valence electrons. The van der Waals surface area contributed by atoms with Crippen molar-refractivity contribution in [3.05, 3.63) is 71.6 Å². The van der Waals surface area contributed by atoms with Gasteiger partial charge in [-0.3, -0.25) is 0 Å². The first kappa shape index (κ1) is 17.8. The van der Waals surface area contributed by atoms with Gasteiger partial charge in [0.25, 0.3) is 5.89 Å². The van der Waals surface area contributed by atoms with Crippen LogP contribution in [-0.4, -0.2) is 20.1 Å². The number of pyridine rings is 2. The highest BCUT2D eigenvalue weighted by molar-refractivity contribution is 5.70. The first-order valence-electron chi connectivity index (χ1n) is 8.00. The molecule has 0 bridgehead atoms. The lowest BCUT2D eigenvalue weighted by molar-refractivity contribution is 0.430. The molecule has 4 aromatic rings. The number of hydrogen-bond donors (Lipinski definition) is 0. The molecule has 0 fully saturated rings. The SMILES string of the molecule is Cc1nc(-c2noc(-c3ccc(F)cn3)n2)cc(-c2cc(F)cc(F)c2)c1F. The summed E-state index contributed by atoms with van der Waals surface area (Å²) in [6.45, 7) is 1.40. The van der Waals surface area contributed by atoms with Crippen molar-refractivity contribution in [1.29, 1.82) is 0 Å². The van der Waals surface area contributed by atoms with Crippen molar-refractivity contribution < 1.29 is 22.1 Å². The predicted octanol–water partition coefficient (Wildman–Crippen LogP) is 4.73. The summed E-state index contributed by atoms with van der Waals surface area (Å²) in [4.78, 5) is 12.0. The van der Waals surface area contributed by atoms with Crippen LogP contribution in [0.5, 0.6) is 0 Å². The highest BCUT2D eigenvalue weighted by atomic mass is 19.1. The predicted molar refractivity (Wildman–Crippen MR) is 90.8 cm³/mol. The Kier molecular flexibility index (Phi) is 4.34. The molecule has 0 unspecified atom stereocenters. The molecule has 0 amide bonds. The topological polar surface area (TPSA) is 64.7 Å². The first-order valence-corrected chi connectivity index (χ1v) is 8.00. The summed E-state index contributed by atoms with van der Waals surface area (Å²) < 4.78 is 59.7. The Morgan fingerprint density at radius 3 is 2.25 bits per heavy atom. The Morgan fingerprint density at radius 2 is 1.57 bits per heavy atom. The van der Waals surface area contributed by atoms with E-state index in [0.29, 0.717) is 6.07 Å². The van der Waals surface area contributed by atoms with E-state index in [1.54, 1.807) is 0 Å². The molecule has 28 heavy (non-hydrogen) atoms. The molecule has 0 aliphatic rings. The first-order chi connectivity index (χ1) is 13.4. The highest BCUT2D eigenvalue weighted by Gasteiger charge is 2.18. The van der Waals surface area contributed by atoms with E-state index < -0.39 is 23.3 Å². The van der Waals surface area contributed by atoms with E-state index >= 15 is 0 Å². The normalized spacial score (nSPS) is 11.0. The van der Waals surface area contributed by atoms with Crippen LogP contribution in [0.2, 0.25) is 0 Å². The zero-order valence-electron chi connectivity index (χ0n) is 14.3. The maximum Gasteiger partial charge on any atom is 0.276 e. The van der Waals surface area contributed by atoms with Crippen LogP contribution in [0.3, 0.4) is 0 Å². The third kappa shape index (κ3) is 3.34. The fourth-order valence-corrected chi connectivity index (χ4v) is 2.62. The third-order valence-electron chi connectivity index (χ3n) is 3.90. The van der Waals surface area contributed by atoms with Crippen LogP contribution in [0.15, 0.2) is 47.1 Å². The van der Waals surface area contributed by atoms with E-state index in [-0.39, 0.29) is 39.9 Å². The number of halogens is 4. The van der Waals surface area contributed by atoms with Crippen LogP contribution in [0, 0.1) is 30.2 Å². The molecule has 3 aromatic heterocycles. The van der Waals surface area contributed by atoms with Gasteiger partial charge in [-0.05, 0) is 42.8 Å². The average Bonchev–Trinajstić information content (AvgIpc) is 3.14. The zero-order valence-corrected chi connectivity index (χ0v) is 14.3. The lowest BCUT2D eigenvalue weighted by Crippen LogP contribution is -1.97. The van der Waals surface area contributed by atoms with Gasteiger partial charge < -0.3 is 4.52 Å². The van der Waals surface area contributed by atoms with Crippen LogP contribution < -0.4 is 0 Å². The van der Waals surface area contributed by atoms with Gasteiger partial charge in [0.05, 0.1) is 11.9 Å². The van der Waals surface area contributed by atoms with Crippen molar-refractivity contribution >= 4 is 0 Å². The van der Waals surface area contributed by atoms with Gasteiger partial charge in [-0.25, -0.2) is 27.5 Å². The fourth-order valence-electron chi connectivity index (χ4n) is 2.62. The smallest absolute Gasteiger partial charge is 0.276 e. The maximum absolute atomic E-state index is 14.5. The van der Waals surface area contributed by atoms with E-state index in [2.05, 4.69) is 20.1 Å². The molecule has 0 N–H and O–H groups in total. The summed E-state index contributed by atoms with van der Waals surface area (Å²) in [7, 11) is 0. The summed E-state index contributed by atoms with van der Waals surface area (Å²) in [5.41, 5.74) is 0.309. The van der Waals surface area contributed by atoms with Crippen LogP contribution in [-0.2, 0) is 0 Å². The molecule has 0 aliphatic carbocycles. The Bertz CT molecular complexity index is 1160. The molecule has 3 heterocycles. The number of rotatable bonds is 3. The highest BCUT2D eigenvalue weighted by Crippen LogP contribution is 2.30. The molecule has 9 heteroatoms. The number of aryl methyl sites for hydroxylation is 1. The van der Waals surface area contributed by atoms with Crippen LogP contribution in [0.4, 0.5) is 17.6 Å². The second kappa shape index (κ2) is 6.84. The molecule has 0 aliphatic heterocycles. The van der Waals surface area contributed by atoms with E-state index in [1.807, 2.05) is 0 Å². The van der Waals surface area contributed by atoms with E-state index in [4.69, 9.17) is 4.52 Å². The van der Waals surface area contributed by atoms with E-state index in [1.165, 1.54) is 25.1 Å². The van der Waals surface area contributed by atoms with Crippen molar-refractivity contribution in [1.82, 2.24) is 20.1 Å². The van der Waals surface area contributed by atoms with Gasteiger partial charge in [-0.15, -0.1) is 0 Å². The van der Waals surface area contributed by atoms with Gasteiger partial charge in [0.15, 0.2) is 5.82 Å². The number of nitrogens with zero attached hydrogens (tertiary/aromatic N) is 4. The second-order valence-corrected chi connectivity index (χ2v) is 5.90. The summed E-state index contributed by atoms with van der Waals surface area (Å²) in [5, 5.41) is 3.77. The van der Waals surface area contributed by atoms with E-state index in [9.17, 15) is 17.6 Å². The van der Waals surface area contributed by atoms with Crippen molar-refractivity contribution in [3.8, 4) is 34.2 Å². The van der Waals surface area contributed by atoms with Crippen LogP contribution >= 0.6 is 0 Å². The van der Waals surface area contributed by atoms with Crippen molar-refractivity contribution in [3.63, 3.8) is 0 Å². The minimum absolute atomic E-state index is 0.00525. The summed E-state index contributed by atoms with van der Waals surface area (Å²) >= 11 is 0. The van der Waals surface area contributed by atoms with Crippen molar-refractivity contribution in [2.24, 2.45) is 0 Å². The molecule has 4 rings (SSSR count). The monoisotopic (exact) mass is 386 g/mol. The summed E-state index contributed by atoms with van der Waals surface area (Å²) in [6, 6.07) is 6.52. The molecule has 0 saturated heterocycles. The van der Waals surface area contributed by atoms with E-state index in [0.717, 1.165) is 18.3 Å². The van der Waals surface area contributed by atoms with Gasteiger partial charge >= 0.3 is 0 Å². The van der Waals surface area contributed by atoms with Gasteiger partial charge in [0.2, 0.25) is 5.82 Å². The molecule has 1 aromatic carbocycles. The number of benzene rings is 1. The Balaban J connectivity index is 1.79. The van der Waals surface area contributed by atoms with Gasteiger partial charge in [-0.1, -0.05) is 5.16 Å². The van der Waals surface area contributed by atoms with Crippen LogP contribution in [0.1, 0.15) is 5.69 Å². The summed E-state index contributed by atoms with van der Waals surface area (Å²) in [6.07, 6.45) is 0.996. The lowest BCUT2D eigenvalue weighted by atomic mass is 10.0. The lowest BCUT2D eigenvalue weighted by Gasteiger charge is -2.08. The third-order valence-corrected chi connectivity index (χ3v) is 3.90. The fraction of sp³-hybridized carbons (Fsp3) is 0.0526. The van der Waals surface area contributed by atoms with Gasteiger partial charge in [-0.2, -0.15) is 4.98 Å². The standard InChI is InChI=1S/C19H10F4N4O/c1-9-17(23)14(10-4-12(21)6-13(22)5-10)7-16(25-9)18-26-19(28-27-18)15-3-2-11(20)8-24-15/h2-8H,1H3. The van der Waals surface area contributed by atoms with Gasteiger partial charge in [0.1, 0.15) is 28.8 Å². The quantitative estimate of drug-likeness (QED) is 0.477. The largest absolute Gasteiger partial charge is 0.332 e. The van der Waals surface area contributed by atoms with Crippen LogP contribution in [0.25, 0.3) is 34.2 Å². The minimum atomic E-state index is -0.838. The molecular formula is C19H10F4N4O. The number of aromatic nitrogens is 4. The minimum Gasteiger partial charge on any atom is -0.332 e. The Hall–Kier alpha value is -3.62. The maximum atomic E-state index is 14.5. The van der Waals surface area contributed by atoms with Crippen molar-refractivity contribution in [2.75, 3.05) is 0 Å². The second-order valence-electron chi connectivity index (χ2n) is 5.90. The molecule has 5 nitrogen and oxygen atoms in total. The number of hydrogen-bond acceptors (Lipinski definition) is 5. The van der Waals surface area contributed by atoms with Crippen molar-refractivity contribution in [2.45, 2.75) is 6.92 Å². The average molecular weight is 386 g/mol. The molecule has 0 saturated carbocycles. The molecule has 0 spiro atoms. The molecular weight excluding hydrogens is 376 g/mol. The Labute approximate surface area is 155 Å². The van der Waals surface area contributed by atoms with Gasteiger partial charge in [0, 0.05) is 11.6 Å². The molecule has 0 atom stereocenters.